The van der Waals surface area contributed by atoms with Gasteiger partial charge in [0.2, 0.25) is 0 Å². The van der Waals surface area contributed by atoms with Crippen LogP contribution in [-0.2, 0) is 11.3 Å². The minimum Gasteiger partial charge on any atom is -0.465 e. The molecule has 3 rings (SSSR count). The Labute approximate surface area is 171 Å². The third-order valence-electron chi connectivity index (χ3n) is 5.19. The molecule has 7 heteroatoms. The summed E-state index contributed by atoms with van der Waals surface area (Å²) in [4.78, 5) is 35.5. The number of likely N-dealkylation sites (N-methyl/N-ethyl adjacent to an activating group) is 1. The van der Waals surface area contributed by atoms with Crippen LogP contribution in [0.4, 0.5) is 10.6 Å². The van der Waals surface area contributed by atoms with Crippen LogP contribution in [0, 0.1) is 6.92 Å². The number of piperazine rings is 1. The van der Waals surface area contributed by atoms with E-state index >= 15 is 0 Å². The maximum Gasteiger partial charge on any atom is 0.337 e. The van der Waals surface area contributed by atoms with Crippen molar-refractivity contribution in [2.45, 2.75) is 20.4 Å². The van der Waals surface area contributed by atoms with Gasteiger partial charge in [-0.25, -0.2) is 14.6 Å². The van der Waals surface area contributed by atoms with Crippen LogP contribution in [0.25, 0.3) is 0 Å². The van der Waals surface area contributed by atoms with Crippen molar-refractivity contribution in [2.24, 2.45) is 0 Å². The van der Waals surface area contributed by atoms with Crippen LogP contribution in [0.2, 0.25) is 0 Å². The molecule has 154 valence electrons. The highest BCUT2D eigenvalue weighted by Gasteiger charge is 2.26. The smallest absolute Gasteiger partial charge is 0.337 e. The average Bonchev–Trinajstić information content (AvgIpc) is 2.77. The summed E-state index contributed by atoms with van der Waals surface area (Å²) in [5.74, 6) is 0.253. The zero-order valence-electron chi connectivity index (χ0n) is 17.3. The number of benzene rings is 1. The Morgan fingerprint density at radius 3 is 2.34 bits per heavy atom. The van der Waals surface area contributed by atoms with Crippen molar-refractivity contribution in [1.82, 2.24) is 14.8 Å². The molecule has 0 unspecified atom stereocenters. The van der Waals surface area contributed by atoms with Crippen molar-refractivity contribution in [3.63, 3.8) is 0 Å². The number of ether oxygens (including phenoxy) is 1. The van der Waals surface area contributed by atoms with Crippen molar-refractivity contribution in [1.29, 1.82) is 0 Å². The first-order valence-electron chi connectivity index (χ1n) is 9.91. The van der Waals surface area contributed by atoms with E-state index in [1.807, 2.05) is 42.2 Å². The van der Waals surface area contributed by atoms with E-state index in [-0.39, 0.29) is 12.0 Å². The first kappa shape index (κ1) is 20.8. The van der Waals surface area contributed by atoms with E-state index in [0.29, 0.717) is 31.0 Å². The van der Waals surface area contributed by atoms with Crippen molar-refractivity contribution in [3.05, 3.63) is 59.3 Å². The van der Waals surface area contributed by atoms with Gasteiger partial charge in [-0.05, 0) is 43.3 Å². The van der Waals surface area contributed by atoms with E-state index in [4.69, 9.17) is 4.74 Å². The molecule has 0 saturated carbocycles. The van der Waals surface area contributed by atoms with Gasteiger partial charge in [0.25, 0.3) is 0 Å². The Morgan fingerprint density at radius 1 is 1.07 bits per heavy atom. The minimum atomic E-state index is -0.376. The first-order chi connectivity index (χ1) is 14.0. The molecule has 0 atom stereocenters. The molecule has 1 aromatic heterocycles. The number of carbonyl (C=O) groups excluding carboxylic acids is 2. The first-order valence-corrected chi connectivity index (χ1v) is 9.91. The van der Waals surface area contributed by atoms with Gasteiger partial charge >= 0.3 is 12.0 Å². The van der Waals surface area contributed by atoms with Crippen LogP contribution in [0.5, 0.6) is 0 Å². The summed E-state index contributed by atoms with van der Waals surface area (Å²) < 4.78 is 4.75. The minimum absolute atomic E-state index is 0.0455. The van der Waals surface area contributed by atoms with Crippen LogP contribution in [0.3, 0.4) is 0 Å². The van der Waals surface area contributed by atoms with Gasteiger partial charge in [0.15, 0.2) is 0 Å². The maximum absolute atomic E-state index is 13.4. The standard InChI is InChI=1S/C22H28N4O3/c1-4-24-12-14-25(15-13-24)22(28)26(20-7-5-6-17(2)23-20)16-18-8-10-19(11-9-18)21(27)29-3/h5-11H,4,12-16H2,1-3H3. The lowest BCUT2D eigenvalue weighted by Gasteiger charge is -2.37. The molecule has 1 aliphatic heterocycles. The predicted octanol–water partition coefficient (Wildman–Crippen LogP) is 2.94. The quantitative estimate of drug-likeness (QED) is 0.727. The summed E-state index contributed by atoms with van der Waals surface area (Å²) in [6.45, 7) is 8.60. The lowest BCUT2D eigenvalue weighted by molar-refractivity contribution is 0.0600. The van der Waals surface area contributed by atoms with E-state index in [9.17, 15) is 9.59 Å². The molecular formula is C22H28N4O3. The molecule has 1 saturated heterocycles. The normalized spacial score (nSPS) is 14.5. The molecule has 2 heterocycles. The third kappa shape index (κ3) is 5.12. The van der Waals surface area contributed by atoms with Crippen LogP contribution < -0.4 is 4.90 Å². The number of amides is 2. The summed E-state index contributed by atoms with van der Waals surface area (Å²) in [6.07, 6.45) is 0. The number of pyridine rings is 1. The average molecular weight is 396 g/mol. The zero-order chi connectivity index (χ0) is 20.8. The molecule has 0 aliphatic carbocycles. The number of methoxy groups -OCH3 is 1. The molecule has 7 nitrogen and oxygen atoms in total. The Hall–Kier alpha value is -2.93. The third-order valence-corrected chi connectivity index (χ3v) is 5.19. The van der Waals surface area contributed by atoms with Gasteiger partial charge in [-0.3, -0.25) is 4.90 Å². The summed E-state index contributed by atoms with van der Waals surface area (Å²) in [6, 6.07) is 12.8. The van der Waals surface area contributed by atoms with Crippen LogP contribution >= 0.6 is 0 Å². The fourth-order valence-corrected chi connectivity index (χ4v) is 3.40. The topological polar surface area (TPSA) is 66.0 Å². The second-order valence-electron chi connectivity index (χ2n) is 7.12. The SMILES string of the molecule is CCN1CCN(C(=O)N(Cc2ccc(C(=O)OC)cc2)c2cccc(C)n2)CC1. The highest BCUT2D eigenvalue weighted by atomic mass is 16.5. The van der Waals surface area contributed by atoms with Crippen molar-refractivity contribution >= 4 is 17.8 Å². The summed E-state index contributed by atoms with van der Waals surface area (Å²) in [5, 5.41) is 0. The van der Waals surface area contributed by atoms with Gasteiger partial charge < -0.3 is 14.5 Å². The van der Waals surface area contributed by atoms with Gasteiger partial charge in [-0.2, -0.15) is 0 Å². The highest BCUT2D eigenvalue weighted by Crippen LogP contribution is 2.19. The number of urea groups is 1. The number of nitrogens with zero attached hydrogens (tertiary/aromatic N) is 4. The zero-order valence-corrected chi connectivity index (χ0v) is 17.3. The Kier molecular flexibility index (Phi) is 6.82. The number of aryl methyl sites for hydroxylation is 1. The van der Waals surface area contributed by atoms with Gasteiger partial charge in [-0.15, -0.1) is 0 Å². The van der Waals surface area contributed by atoms with Gasteiger partial charge in [-0.1, -0.05) is 25.1 Å². The number of carbonyl (C=O) groups is 2. The molecule has 1 aromatic carbocycles. The Balaban J connectivity index is 1.82. The van der Waals surface area contributed by atoms with E-state index in [1.165, 1.54) is 7.11 Å². The lowest BCUT2D eigenvalue weighted by atomic mass is 10.1. The fraction of sp³-hybridized carbons (Fsp3) is 0.409. The summed E-state index contributed by atoms with van der Waals surface area (Å²) in [5.41, 5.74) is 2.26. The number of hydrogen-bond acceptors (Lipinski definition) is 5. The van der Waals surface area contributed by atoms with Gasteiger partial charge in [0.05, 0.1) is 19.2 Å². The molecule has 29 heavy (non-hydrogen) atoms. The van der Waals surface area contributed by atoms with E-state index in [0.717, 1.165) is 30.9 Å². The number of esters is 1. The van der Waals surface area contributed by atoms with Gasteiger partial charge in [0.1, 0.15) is 5.82 Å². The number of anilines is 1. The van der Waals surface area contributed by atoms with Crippen LogP contribution in [-0.4, -0.2) is 66.6 Å². The van der Waals surface area contributed by atoms with Crippen molar-refractivity contribution in [3.8, 4) is 0 Å². The van der Waals surface area contributed by atoms with E-state index in [1.54, 1.807) is 17.0 Å². The van der Waals surface area contributed by atoms with Crippen LogP contribution in [0.15, 0.2) is 42.5 Å². The second kappa shape index (κ2) is 9.52. The molecular weight excluding hydrogens is 368 g/mol. The van der Waals surface area contributed by atoms with E-state index < -0.39 is 0 Å². The lowest BCUT2D eigenvalue weighted by Crippen LogP contribution is -2.52. The second-order valence-corrected chi connectivity index (χ2v) is 7.12. The molecule has 1 fully saturated rings. The van der Waals surface area contributed by atoms with Crippen LogP contribution in [0.1, 0.15) is 28.5 Å². The predicted molar refractivity (Wildman–Crippen MR) is 112 cm³/mol. The molecule has 0 bridgehead atoms. The summed E-state index contributed by atoms with van der Waals surface area (Å²) in [7, 11) is 1.36. The Morgan fingerprint density at radius 2 is 1.76 bits per heavy atom. The largest absolute Gasteiger partial charge is 0.465 e. The molecule has 0 radical (unpaired) electrons. The summed E-state index contributed by atoms with van der Waals surface area (Å²) >= 11 is 0. The number of aromatic nitrogens is 1. The molecule has 2 amide bonds. The molecule has 1 aliphatic rings. The molecule has 0 spiro atoms. The van der Waals surface area contributed by atoms with Crippen molar-refractivity contribution < 1.29 is 14.3 Å². The Bertz CT molecular complexity index is 845. The number of rotatable bonds is 5. The monoisotopic (exact) mass is 396 g/mol. The maximum atomic E-state index is 13.4. The molecule has 0 N–H and O–H groups in total. The fourth-order valence-electron chi connectivity index (χ4n) is 3.40. The van der Waals surface area contributed by atoms with Crippen molar-refractivity contribution in [2.75, 3.05) is 44.7 Å². The van der Waals surface area contributed by atoms with E-state index in [2.05, 4.69) is 16.8 Å². The molecule has 2 aromatic rings. The van der Waals surface area contributed by atoms with Gasteiger partial charge in [0, 0.05) is 31.9 Å². The highest BCUT2D eigenvalue weighted by molar-refractivity contribution is 5.91. The number of hydrogen-bond donors (Lipinski definition) is 0.